The first-order valence-corrected chi connectivity index (χ1v) is 4.88. The molecule has 1 aromatic rings. The number of benzene rings is 1. The van der Waals surface area contributed by atoms with Crippen molar-refractivity contribution >= 4 is 0 Å². The van der Waals surface area contributed by atoms with Crippen molar-refractivity contribution in [3.05, 3.63) is 35.9 Å². The number of unbranched alkanes of at least 4 members (excludes halogenated alkanes) is 3. The van der Waals surface area contributed by atoms with E-state index in [1.165, 1.54) is 37.7 Å². The Balaban J connectivity index is 0.00000144. The smallest absolute Gasteiger partial charge is 0.184 e. The molecule has 0 unspecified atom stereocenters. The summed E-state index contributed by atoms with van der Waals surface area (Å²) in [6.07, 6.45) is 6.60. The average molecular weight is 250 g/mol. The Morgan fingerprint density at radius 2 is 2.08 bits per heavy atom. The maximum atomic E-state index is 3.10. The van der Waals surface area contributed by atoms with Crippen molar-refractivity contribution in [3.63, 3.8) is 0 Å². The van der Waals surface area contributed by atoms with Crippen LogP contribution in [-0.2, 0) is 39.1 Å². The first-order chi connectivity index (χ1) is 5.93. The number of rotatable bonds is 5. The molecule has 0 N–H and O–H groups in total. The summed E-state index contributed by atoms with van der Waals surface area (Å²) in [6.45, 7) is 2.25. The van der Waals surface area contributed by atoms with Gasteiger partial charge in [-0.15, -0.1) is 0 Å². The van der Waals surface area contributed by atoms with E-state index >= 15 is 0 Å². The monoisotopic (exact) mass is 250 g/mol. The van der Waals surface area contributed by atoms with E-state index in [1.54, 1.807) is 0 Å². The summed E-state index contributed by atoms with van der Waals surface area (Å²) in [7, 11) is 0. The molecule has 0 aromatic heterocycles. The molecule has 0 bridgehead atoms. The zero-order valence-electron chi connectivity index (χ0n) is 8.42. The molecule has 1 heteroatoms. The van der Waals surface area contributed by atoms with E-state index < -0.39 is 0 Å². The number of hydrogen-bond acceptors (Lipinski definition) is 0. The molecule has 0 nitrogen and oxygen atoms in total. The molecule has 0 amide bonds. The van der Waals surface area contributed by atoms with Crippen LogP contribution in [0.2, 0.25) is 0 Å². The maximum Gasteiger partial charge on any atom is 3.00 e. The normalized spacial score (nSPS) is 9.31. The fourth-order valence-electron chi connectivity index (χ4n) is 1.34. The van der Waals surface area contributed by atoms with Gasteiger partial charge in [0.2, 0.25) is 0 Å². The van der Waals surface area contributed by atoms with Gasteiger partial charge in [-0.25, -0.2) is 0 Å². The molecule has 0 aliphatic carbocycles. The van der Waals surface area contributed by atoms with Crippen molar-refractivity contribution in [2.45, 2.75) is 39.0 Å². The standard InChI is InChI=1S/C12H17.Y/c1-2-3-4-6-9-12-10-7-5-8-11-12;/h5,7,10-11H,2-4,6,9H2,1H3;/q-1;+3. The van der Waals surface area contributed by atoms with E-state index in [-0.39, 0.29) is 32.7 Å². The van der Waals surface area contributed by atoms with E-state index in [0.29, 0.717) is 0 Å². The summed E-state index contributed by atoms with van der Waals surface area (Å²) in [5, 5.41) is 0. The van der Waals surface area contributed by atoms with Gasteiger partial charge in [0.05, 0.1) is 0 Å². The van der Waals surface area contributed by atoms with E-state index in [0.717, 1.165) is 0 Å². The maximum absolute atomic E-state index is 3.10. The van der Waals surface area contributed by atoms with Crippen LogP contribution < -0.4 is 0 Å². The minimum absolute atomic E-state index is 0. The molecule has 1 rings (SSSR count). The quantitative estimate of drug-likeness (QED) is 0.553. The number of hydrogen-bond donors (Lipinski definition) is 0. The van der Waals surface area contributed by atoms with Crippen LogP contribution in [-0.4, -0.2) is 0 Å². The Labute approximate surface area is 107 Å². The van der Waals surface area contributed by atoms with Crippen LogP contribution in [0.3, 0.4) is 0 Å². The summed E-state index contributed by atoms with van der Waals surface area (Å²) < 4.78 is 0. The van der Waals surface area contributed by atoms with Crippen LogP contribution >= 0.6 is 0 Å². The second-order valence-corrected chi connectivity index (χ2v) is 3.22. The molecule has 1 aromatic carbocycles. The van der Waals surface area contributed by atoms with E-state index in [9.17, 15) is 0 Å². The Hall–Kier alpha value is 0.324. The summed E-state index contributed by atoms with van der Waals surface area (Å²) in [4.78, 5) is 0. The second kappa shape index (κ2) is 8.90. The van der Waals surface area contributed by atoms with Gasteiger partial charge >= 0.3 is 32.7 Å². The van der Waals surface area contributed by atoms with Gasteiger partial charge in [-0.2, -0.15) is 35.9 Å². The van der Waals surface area contributed by atoms with Crippen LogP contribution in [0.1, 0.15) is 38.2 Å². The largest absolute Gasteiger partial charge is 3.00 e. The average Bonchev–Trinajstić information content (AvgIpc) is 2.14. The molecule has 0 radical (unpaired) electrons. The van der Waals surface area contributed by atoms with Crippen LogP contribution in [0.5, 0.6) is 0 Å². The van der Waals surface area contributed by atoms with Crippen LogP contribution in [0.25, 0.3) is 0 Å². The molecule has 0 heterocycles. The van der Waals surface area contributed by atoms with E-state index in [1.807, 2.05) is 6.07 Å². The number of aryl methyl sites for hydroxylation is 1. The minimum Gasteiger partial charge on any atom is -0.184 e. The molecular weight excluding hydrogens is 233 g/mol. The van der Waals surface area contributed by atoms with Gasteiger partial charge in [0.1, 0.15) is 0 Å². The predicted molar refractivity (Wildman–Crippen MR) is 53.1 cm³/mol. The fraction of sp³-hybridized carbons (Fsp3) is 0.500. The molecule has 0 saturated heterocycles. The Morgan fingerprint density at radius 1 is 1.23 bits per heavy atom. The van der Waals surface area contributed by atoms with Crippen molar-refractivity contribution in [1.29, 1.82) is 0 Å². The van der Waals surface area contributed by atoms with Gasteiger partial charge in [0.15, 0.2) is 0 Å². The van der Waals surface area contributed by atoms with Crippen molar-refractivity contribution < 1.29 is 32.7 Å². The third-order valence-corrected chi connectivity index (χ3v) is 2.09. The van der Waals surface area contributed by atoms with Gasteiger partial charge in [0.25, 0.3) is 0 Å². The molecule has 0 fully saturated rings. The summed E-state index contributed by atoms with van der Waals surface area (Å²) in [5.74, 6) is 0. The molecule has 0 aliphatic heterocycles. The SMILES string of the molecule is CCCCCCc1c[c-]ccc1.[Y+3]. The van der Waals surface area contributed by atoms with E-state index in [4.69, 9.17) is 0 Å². The molecular formula is C12H17Y+2. The summed E-state index contributed by atoms with van der Waals surface area (Å²) in [6, 6.07) is 11.4. The van der Waals surface area contributed by atoms with Crippen LogP contribution in [0.15, 0.2) is 24.3 Å². The topological polar surface area (TPSA) is 0 Å². The predicted octanol–water partition coefficient (Wildman–Crippen LogP) is 3.61. The van der Waals surface area contributed by atoms with Crippen LogP contribution in [0.4, 0.5) is 0 Å². The van der Waals surface area contributed by atoms with E-state index in [2.05, 4.69) is 31.2 Å². The summed E-state index contributed by atoms with van der Waals surface area (Å²) >= 11 is 0. The van der Waals surface area contributed by atoms with Gasteiger partial charge in [-0.1, -0.05) is 39.0 Å². The zero-order chi connectivity index (χ0) is 8.65. The molecule has 13 heavy (non-hydrogen) atoms. The minimum atomic E-state index is 0. The molecule has 0 saturated carbocycles. The first-order valence-electron chi connectivity index (χ1n) is 4.88. The van der Waals surface area contributed by atoms with Gasteiger partial charge < -0.3 is 0 Å². The third kappa shape index (κ3) is 6.40. The fourth-order valence-corrected chi connectivity index (χ4v) is 1.34. The molecule has 0 atom stereocenters. The Bertz CT molecular complexity index is 194. The Morgan fingerprint density at radius 3 is 2.69 bits per heavy atom. The molecule has 66 valence electrons. The molecule has 0 aliphatic rings. The first kappa shape index (κ1) is 13.3. The molecule has 0 spiro atoms. The zero-order valence-corrected chi connectivity index (χ0v) is 11.3. The van der Waals surface area contributed by atoms with Crippen molar-refractivity contribution in [3.8, 4) is 0 Å². The summed E-state index contributed by atoms with van der Waals surface area (Å²) in [5.41, 5.74) is 1.42. The van der Waals surface area contributed by atoms with Crippen molar-refractivity contribution in [2.24, 2.45) is 0 Å². The van der Waals surface area contributed by atoms with Gasteiger partial charge in [-0.05, 0) is 0 Å². The Kier molecular flexibility index (Phi) is 9.12. The van der Waals surface area contributed by atoms with Gasteiger partial charge in [-0.3, -0.25) is 0 Å². The third-order valence-electron chi connectivity index (χ3n) is 2.09. The van der Waals surface area contributed by atoms with Crippen molar-refractivity contribution in [1.82, 2.24) is 0 Å². The van der Waals surface area contributed by atoms with Gasteiger partial charge in [0, 0.05) is 0 Å². The van der Waals surface area contributed by atoms with Crippen molar-refractivity contribution in [2.75, 3.05) is 0 Å². The second-order valence-electron chi connectivity index (χ2n) is 3.22. The van der Waals surface area contributed by atoms with Crippen LogP contribution in [0, 0.1) is 6.07 Å².